The zero-order valence-corrected chi connectivity index (χ0v) is 17.6. The Bertz CT molecular complexity index is 1310. The lowest BCUT2D eigenvalue weighted by Crippen LogP contribution is -2.32. The molecule has 2 aromatic carbocycles. The van der Waals surface area contributed by atoms with Gasteiger partial charge in [0, 0.05) is 11.4 Å². The summed E-state index contributed by atoms with van der Waals surface area (Å²) < 4.78 is 0. The van der Waals surface area contributed by atoms with Gasteiger partial charge in [-0.2, -0.15) is 20.3 Å². The normalized spacial score (nSPS) is 16.0. The minimum Gasteiger partial charge on any atom is -0.340 e. The number of thioether (sulfide) groups is 1. The third-order valence-corrected chi connectivity index (χ3v) is 6.30. The van der Waals surface area contributed by atoms with E-state index in [1.54, 1.807) is 42.4 Å². The van der Waals surface area contributed by atoms with E-state index in [2.05, 4.69) is 21.3 Å². The van der Waals surface area contributed by atoms with Gasteiger partial charge in [0.25, 0.3) is 5.91 Å². The standard InChI is InChI=1S/C22H19N7OS/c1-31-19-6-2-4-16-20(19)27-21(26-16)18-5-3-11-28(18)22(30)15-12-14(13-23)7-8-17(15)29-24-9-10-25-29/h2,4,6-10,12,18H,3,5,11H2,1H3,(H,26,27). The van der Waals surface area contributed by atoms with Gasteiger partial charge in [0.1, 0.15) is 11.3 Å². The SMILES string of the molecule is CSc1cccc2[nH]c(C3CCCN3C(=O)c3cc(C#N)ccc3-n3nccn3)nc12. The summed E-state index contributed by atoms with van der Waals surface area (Å²) >= 11 is 1.65. The molecular weight excluding hydrogens is 410 g/mol. The Labute approximate surface area is 182 Å². The average Bonchev–Trinajstić information content (AvgIpc) is 3.57. The second-order valence-electron chi connectivity index (χ2n) is 7.30. The van der Waals surface area contributed by atoms with Gasteiger partial charge in [-0.3, -0.25) is 4.79 Å². The minimum absolute atomic E-state index is 0.154. The summed E-state index contributed by atoms with van der Waals surface area (Å²) in [6.45, 7) is 0.624. The van der Waals surface area contributed by atoms with Crippen LogP contribution in [0.15, 0.2) is 53.7 Å². The first-order chi connectivity index (χ1) is 15.2. The second kappa shape index (κ2) is 7.89. The van der Waals surface area contributed by atoms with Gasteiger partial charge in [0.05, 0.1) is 46.8 Å². The number of nitrogens with one attached hydrogen (secondary N) is 1. The van der Waals surface area contributed by atoms with Crippen LogP contribution in [-0.2, 0) is 0 Å². The molecule has 3 heterocycles. The van der Waals surface area contributed by atoms with Gasteiger partial charge in [-0.05, 0) is 49.4 Å². The second-order valence-corrected chi connectivity index (χ2v) is 8.15. The molecule has 154 valence electrons. The number of aromatic nitrogens is 5. The topological polar surface area (TPSA) is 103 Å². The van der Waals surface area contributed by atoms with Gasteiger partial charge in [0.2, 0.25) is 0 Å². The summed E-state index contributed by atoms with van der Waals surface area (Å²) in [5.41, 5.74) is 3.27. The molecule has 9 heteroatoms. The molecule has 0 aliphatic carbocycles. The highest BCUT2D eigenvalue weighted by molar-refractivity contribution is 7.98. The molecule has 1 unspecified atom stereocenters. The number of nitrogens with zero attached hydrogens (tertiary/aromatic N) is 6. The molecule has 0 bridgehead atoms. The molecule has 0 radical (unpaired) electrons. The van der Waals surface area contributed by atoms with Crippen LogP contribution in [0.3, 0.4) is 0 Å². The largest absolute Gasteiger partial charge is 0.340 e. The smallest absolute Gasteiger partial charge is 0.256 e. The van der Waals surface area contributed by atoms with E-state index >= 15 is 0 Å². The quantitative estimate of drug-likeness (QED) is 0.496. The van der Waals surface area contributed by atoms with Crippen LogP contribution in [0, 0.1) is 11.3 Å². The van der Waals surface area contributed by atoms with Crippen LogP contribution < -0.4 is 0 Å². The number of carbonyl (C=O) groups is 1. The van der Waals surface area contributed by atoms with Gasteiger partial charge in [0.15, 0.2) is 0 Å². The molecule has 2 aromatic heterocycles. The third-order valence-electron chi connectivity index (χ3n) is 5.53. The van der Waals surface area contributed by atoms with Crippen molar-refractivity contribution in [1.29, 1.82) is 5.26 Å². The fraction of sp³-hybridized carbons (Fsp3) is 0.227. The van der Waals surface area contributed by atoms with Crippen LogP contribution in [-0.4, -0.2) is 48.6 Å². The number of hydrogen-bond donors (Lipinski definition) is 1. The highest BCUT2D eigenvalue weighted by Gasteiger charge is 2.34. The Kier molecular flexibility index (Phi) is 4.92. The van der Waals surface area contributed by atoms with E-state index < -0.39 is 0 Å². The third kappa shape index (κ3) is 3.35. The van der Waals surface area contributed by atoms with Crippen LogP contribution in [0.1, 0.15) is 40.6 Å². The van der Waals surface area contributed by atoms with E-state index in [9.17, 15) is 10.1 Å². The Hall–Kier alpha value is -3.64. The molecule has 1 fully saturated rings. The maximum absolute atomic E-state index is 13.7. The van der Waals surface area contributed by atoms with Crippen molar-refractivity contribution in [2.75, 3.05) is 12.8 Å². The Balaban J connectivity index is 1.55. The molecular formula is C22H19N7OS. The van der Waals surface area contributed by atoms with Crippen LogP contribution in [0.2, 0.25) is 0 Å². The number of para-hydroxylation sites is 1. The Morgan fingerprint density at radius 2 is 2.10 bits per heavy atom. The van der Waals surface area contributed by atoms with Crippen molar-refractivity contribution >= 4 is 28.7 Å². The number of amides is 1. The molecule has 31 heavy (non-hydrogen) atoms. The van der Waals surface area contributed by atoms with Crippen LogP contribution in [0.25, 0.3) is 16.7 Å². The number of fused-ring (bicyclic) bond motifs is 1. The molecule has 1 saturated heterocycles. The number of benzene rings is 2. The zero-order valence-electron chi connectivity index (χ0n) is 16.8. The fourth-order valence-corrected chi connectivity index (χ4v) is 4.65. The molecule has 0 spiro atoms. The maximum Gasteiger partial charge on any atom is 0.256 e. The van der Waals surface area contributed by atoms with Crippen molar-refractivity contribution in [2.45, 2.75) is 23.8 Å². The maximum atomic E-state index is 13.7. The summed E-state index contributed by atoms with van der Waals surface area (Å²) in [4.78, 5) is 26.3. The van der Waals surface area contributed by atoms with Gasteiger partial charge in [-0.15, -0.1) is 11.8 Å². The fourth-order valence-electron chi connectivity index (χ4n) is 4.09. The number of imidazole rings is 1. The lowest BCUT2D eigenvalue weighted by atomic mass is 10.1. The van der Waals surface area contributed by atoms with E-state index in [1.807, 2.05) is 29.4 Å². The van der Waals surface area contributed by atoms with Crippen molar-refractivity contribution < 1.29 is 4.79 Å². The molecule has 1 atom stereocenters. The lowest BCUT2D eigenvalue weighted by Gasteiger charge is -2.24. The van der Waals surface area contributed by atoms with Gasteiger partial charge < -0.3 is 9.88 Å². The number of aromatic amines is 1. The van der Waals surface area contributed by atoms with Crippen molar-refractivity contribution in [3.8, 4) is 11.8 Å². The van der Waals surface area contributed by atoms with Crippen LogP contribution in [0.5, 0.6) is 0 Å². The molecule has 0 saturated carbocycles. The average molecular weight is 430 g/mol. The summed E-state index contributed by atoms with van der Waals surface area (Å²) in [7, 11) is 0. The Morgan fingerprint density at radius 3 is 2.87 bits per heavy atom. The van der Waals surface area contributed by atoms with Gasteiger partial charge >= 0.3 is 0 Å². The number of hydrogen-bond acceptors (Lipinski definition) is 6. The van der Waals surface area contributed by atoms with Crippen molar-refractivity contribution in [3.63, 3.8) is 0 Å². The van der Waals surface area contributed by atoms with E-state index in [0.29, 0.717) is 23.4 Å². The summed E-state index contributed by atoms with van der Waals surface area (Å²) in [6, 6.07) is 13.0. The van der Waals surface area contributed by atoms with E-state index in [0.717, 1.165) is 34.6 Å². The molecule has 4 aromatic rings. The van der Waals surface area contributed by atoms with E-state index in [1.165, 1.54) is 4.80 Å². The summed E-state index contributed by atoms with van der Waals surface area (Å²) in [6.07, 6.45) is 6.86. The Morgan fingerprint density at radius 1 is 1.26 bits per heavy atom. The molecule has 1 N–H and O–H groups in total. The number of nitriles is 1. The number of H-pyrrole nitrogens is 1. The zero-order chi connectivity index (χ0) is 21.4. The van der Waals surface area contributed by atoms with Crippen molar-refractivity contribution in [2.24, 2.45) is 0 Å². The van der Waals surface area contributed by atoms with E-state index in [4.69, 9.17) is 4.98 Å². The molecule has 1 aliphatic rings. The van der Waals surface area contributed by atoms with E-state index in [-0.39, 0.29) is 11.9 Å². The van der Waals surface area contributed by atoms with Gasteiger partial charge in [-0.25, -0.2) is 4.98 Å². The summed E-state index contributed by atoms with van der Waals surface area (Å²) in [5, 5.41) is 17.7. The molecule has 1 amide bonds. The van der Waals surface area contributed by atoms with Crippen LogP contribution >= 0.6 is 11.8 Å². The lowest BCUT2D eigenvalue weighted by molar-refractivity contribution is 0.0730. The van der Waals surface area contributed by atoms with Crippen molar-refractivity contribution in [3.05, 3.63) is 65.7 Å². The van der Waals surface area contributed by atoms with Crippen LogP contribution in [0.4, 0.5) is 0 Å². The first-order valence-electron chi connectivity index (χ1n) is 9.94. The first kappa shape index (κ1) is 19.3. The molecule has 5 rings (SSSR count). The van der Waals surface area contributed by atoms with Gasteiger partial charge in [-0.1, -0.05) is 6.07 Å². The summed E-state index contributed by atoms with van der Waals surface area (Å²) in [5.74, 6) is 0.634. The predicted octanol–water partition coefficient (Wildman–Crippen LogP) is 3.71. The minimum atomic E-state index is -0.155. The highest BCUT2D eigenvalue weighted by atomic mass is 32.2. The molecule has 8 nitrogen and oxygen atoms in total. The highest BCUT2D eigenvalue weighted by Crippen LogP contribution is 2.35. The first-order valence-corrected chi connectivity index (χ1v) is 11.2. The number of likely N-dealkylation sites (tertiary alicyclic amines) is 1. The predicted molar refractivity (Wildman–Crippen MR) is 117 cm³/mol. The number of rotatable bonds is 4. The number of carbonyl (C=O) groups excluding carboxylic acids is 1. The van der Waals surface area contributed by atoms with Crippen molar-refractivity contribution in [1.82, 2.24) is 29.9 Å². The molecule has 1 aliphatic heterocycles. The monoisotopic (exact) mass is 429 g/mol.